The van der Waals surface area contributed by atoms with Crippen LogP contribution < -0.4 is 0 Å². The van der Waals surface area contributed by atoms with E-state index in [4.69, 9.17) is 9.47 Å². The molecule has 0 fully saturated rings. The fourth-order valence-electron chi connectivity index (χ4n) is 2.77. The molecular formula is C20H38O4. The van der Waals surface area contributed by atoms with E-state index in [9.17, 15) is 9.59 Å². The van der Waals surface area contributed by atoms with Crippen LogP contribution in [0.2, 0.25) is 0 Å². The van der Waals surface area contributed by atoms with Gasteiger partial charge in [0.1, 0.15) is 0 Å². The van der Waals surface area contributed by atoms with Crippen molar-refractivity contribution in [2.45, 2.75) is 97.8 Å². The monoisotopic (exact) mass is 342 g/mol. The Kier molecular flexibility index (Phi) is 16.0. The summed E-state index contributed by atoms with van der Waals surface area (Å²) in [5.74, 6) is -0.0743. The van der Waals surface area contributed by atoms with Crippen molar-refractivity contribution >= 4 is 11.9 Å². The van der Waals surface area contributed by atoms with Gasteiger partial charge in [0.2, 0.25) is 0 Å². The molecule has 142 valence electrons. The van der Waals surface area contributed by atoms with Crippen LogP contribution in [0.4, 0.5) is 0 Å². The molecule has 0 N–H and O–H groups in total. The van der Waals surface area contributed by atoms with Crippen LogP contribution in [0.5, 0.6) is 0 Å². The van der Waals surface area contributed by atoms with Crippen molar-refractivity contribution in [3.8, 4) is 0 Å². The zero-order valence-electron chi connectivity index (χ0n) is 16.1. The van der Waals surface area contributed by atoms with E-state index in [-0.39, 0.29) is 17.9 Å². The highest BCUT2D eigenvalue weighted by Gasteiger charge is 2.12. The van der Waals surface area contributed by atoms with Crippen LogP contribution in [0.1, 0.15) is 97.8 Å². The number of hydrogen-bond donors (Lipinski definition) is 0. The van der Waals surface area contributed by atoms with Crippen LogP contribution >= 0.6 is 0 Å². The lowest BCUT2D eigenvalue weighted by Gasteiger charge is -2.09. The van der Waals surface area contributed by atoms with Crippen molar-refractivity contribution in [3.63, 3.8) is 0 Å². The molecule has 0 aromatic rings. The Morgan fingerprint density at radius 1 is 0.708 bits per heavy atom. The van der Waals surface area contributed by atoms with E-state index in [1.165, 1.54) is 44.9 Å². The molecule has 4 nitrogen and oxygen atoms in total. The highest BCUT2D eigenvalue weighted by Crippen LogP contribution is 2.15. The van der Waals surface area contributed by atoms with Crippen molar-refractivity contribution in [2.75, 3.05) is 13.2 Å². The van der Waals surface area contributed by atoms with Crippen LogP contribution in [-0.4, -0.2) is 25.2 Å². The van der Waals surface area contributed by atoms with Gasteiger partial charge in [-0.1, -0.05) is 64.7 Å². The standard InChI is InChI=1S/C20H38O4/c1-4-23-19(21)17-15-13-11-9-7-6-8-10-12-14-16-18(3)20(22)24-5-2/h18H,4-17H2,1-3H3. The number of rotatable bonds is 16. The maximum atomic E-state index is 11.5. The second-order valence-corrected chi connectivity index (χ2v) is 6.53. The first-order valence-corrected chi connectivity index (χ1v) is 9.94. The van der Waals surface area contributed by atoms with E-state index in [1.54, 1.807) is 0 Å². The van der Waals surface area contributed by atoms with E-state index in [0.29, 0.717) is 19.6 Å². The summed E-state index contributed by atoms with van der Waals surface area (Å²) in [5.41, 5.74) is 0. The maximum absolute atomic E-state index is 11.5. The van der Waals surface area contributed by atoms with Gasteiger partial charge in [0.05, 0.1) is 19.1 Å². The molecule has 1 unspecified atom stereocenters. The normalized spacial score (nSPS) is 12.0. The van der Waals surface area contributed by atoms with E-state index in [0.717, 1.165) is 25.7 Å². The SMILES string of the molecule is CCOC(=O)CCCCCCCCCCCCC(C)C(=O)OCC. The summed E-state index contributed by atoms with van der Waals surface area (Å²) in [7, 11) is 0. The predicted octanol–water partition coefficient (Wildman–Crippen LogP) is 5.43. The Labute approximate surface area is 148 Å². The maximum Gasteiger partial charge on any atom is 0.308 e. The largest absolute Gasteiger partial charge is 0.466 e. The van der Waals surface area contributed by atoms with Gasteiger partial charge in [-0.05, 0) is 26.7 Å². The quantitative estimate of drug-likeness (QED) is 0.277. The van der Waals surface area contributed by atoms with Gasteiger partial charge in [0.15, 0.2) is 0 Å². The molecule has 0 radical (unpaired) electrons. The predicted molar refractivity (Wildman–Crippen MR) is 97.8 cm³/mol. The molecule has 4 heteroatoms. The molecule has 0 aliphatic carbocycles. The minimum absolute atomic E-state index is 0.0413. The number of esters is 2. The Morgan fingerprint density at radius 3 is 1.67 bits per heavy atom. The summed E-state index contributed by atoms with van der Waals surface area (Å²) in [6, 6.07) is 0. The molecule has 0 aliphatic heterocycles. The molecule has 0 aromatic heterocycles. The van der Waals surface area contributed by atoms with Gasteiger partial charge in [-0.2, -0.15) is 0 Å². The minimum atomic E-state index is -0.0604. The second kappa shape index (κ2) is 16.8. The molecule has 0 heterocycles. The molecule has 1 atom stereocenters. The molecule has 24 heavy (non-hydrogen) atoms. The summed E-state index contributed by atoms with van der Waals surface area (Å²) in [5, 5.41) is 0. The third kappa shape index (κ3) is 14.5. The lowest BCUT2D eigenvalue weighted by Crippen LogP contribution is -2.14. The first-order chi connectivity index (χ1) is 11.6. The van der Waals surface area contributed by atoms with Crippen LogP contribution in [0.15, 0.2) is 0 Å². The Bertz CT molecular complexity index is 315. The smallest absolute Gasteiger partial charge is 0.308 e. The van der Waals surface area contributed by atoms with Gasteiger partial charge in [-0.25, -0.2) is 0 Å². The van der Waals surface area contributed by atoms with Crippen molar-refractivity contribution in [1.82, 2.24) is 0 Å². The number of unbranched alkanes of at least 4 members (excludes halogenated alkanes) is 9. The van der Waals surface area contributed by atoms with Gasteiger partial charge in [0, 0.05) is 6.42 Å². The molecular weight excluding hydrogens is 304 g/mol. The van der Waals surface area contributed by atoms with Gasteiger partial charge in [-0.3, -0.25) is 9.59 Å². The average molecular weight is 343 g/mol. The van der Waals surface area contributed by atoms with Gasteiger partial charge >= 0.3 is 11.9 Å². The van der Waals surface area contributed by atoms with E-state index in [1.807, 2.05) is 20.8 Å². The van der Waals surface area contributed by atoms with Gasteiger partial charge in [-0.15, -0.1) is 0 Å². The molecule has 0 rings (SSSR count). The average Bonchev–Trinajstić information content (AvgIpc) is 2.56. The lowest BCUT2D eigenvalue weighted by molar-refractivity contribution is -0.147. The van der Waals surface area contributed by atoms with E-state index in [2.05, 4.69) is 0 Å². The van der Waals surface area contributed by atoms with Gasteiger partial charge < -0.3 is 9.47 Å². The number of hydrogen-bond acceptors (Lipinski definition) is 4. The van der Waals surface area contributed by atoms with Crippen LogP contribution in [0.3, 0.4) is 0 Å². The third-order valence-electron chi connectivity index (χ3n) is 4.26. The van der Waals surface area contributed by atoms with E-state index >= 15 is 0 Å². The molecule has 0 aliphatic rings. The molecule has 0 saturated carbocycles. The van der Waals surface area contributed by atoms with Crippen molar-refractivity contribution in [3.05, 3.63) is 0 Å². The first kappa shape index (κ1) is 22.9. The van der Waals surface area contributed by atoms with Crippen LogP contribution in [0.25, 0.3) is 0 Å². The molecule has 0 saturated heterocycles. The Morgan fingerprint density at radius 2 is 1.17 bits per heavy atom. The van der Waals surface area contributed by atoms with Crippen molar-refractivity contribution in [1.29, 1.82) is 0 Å². The zero-order chi connectivity index (χ0) is 18.0. The number of ether oxygens (including phenoxy) is 2. The molecule has 0 spiro atoms. The minimum Gasteiger partial charge on any atom is -0.466 e. The van der Waals surface area contributed by atoms with Crippen molar-refractivity contribution < 1.29 is 19.1 Å². The van der Waals surface area contributed by atoms with Gasteiger partial charge in [0.25, 0.3) is 0 Å². The van der Waals surface area contributed by atoms with Crippen LogP contribution in [0, 0.1) is 5.92 Å². The zero-order valence-corrected chi connectivity index (χ0v) is 16.1. The highest BCUT2D eigenvalue weighted by atomic mass is 16.5. The summed E-state index contributed by atoms with van der Waals surface area (Å²) < 4.78 is 9.92. The summed E-state index contributed by atoms with van der Waals surface area (Å²) in [4.78, 5) is 22.6. The van der Waals surface area contributed by atoms with E-state index < -0.39 is 0 Å². The second-order valence-electron chi connectivity index (χ2n) is 6.53. The highest BCUT2D eigenvalue weighted by molar-refractivity contribution is 5.71. The number of carbonyl (C=O) groups excluding carboxylic acids is 2. The van der Waals surface area contributed by atoms with Crippen LogP contribution in [-0.2, 0) is 19.1 Å². The Balaban J connectivity index is 3.23. The van der Waals surface area contributed by atoms with Crippen molar-refractivity contribution in [2.24, 2.45) is 5.92 Å². The number of carbonyl (C=O) groups is 2. The third-order valence-corrected chi connectivity index (χ3v) is 4.26. The first-order valence-electron chi connectivity index (χ1n) is 9.94. The molecule has 0 amide bonds. The molecule has 0 bridgehead atoms. The summed E-state index contributed by atoms with van der Waals surface area (Å²) in [6.45, 7) is 6.62. The lowest BCUT2D eigenvalue weighted by atomic mass is 10.0. The Hall–Kier alpha value is -1.06. The summed E-state index contributed by atoms with van der Waals surface area (Å²) in [6.07, 6.45) is 13.6. The summed E-state index contributed by atoms with van der Waals surface area (Å²) >= 11 is 0. The fraction of sp³-hybridized carbons (Fsp3) is 0.900. The fourth-order valence-corrected chi connectivity index (χ4v) is 2.77. The topological polar surface area (TPSA) is 52.6 Å². The molecule has 0 aromatic carbocycles.